The molecule has 0 amide bonds. The number of ether oxygens (including phenoxy) is 1. The van der Waals surface area contributed by atoms with E-state index in [9.17, 15) is 0 Å². The van der Waals surface area contributed by atoms with Crippen LogP contribution in [-0.2, 0) is 0 Å². The molecule has 1 aromatic rings. The number of aliphatic imine (C=N–C) groups is 1. The van der Waals surface area contributed by atoms with E-state index in [4.69, 9.17) is 10.5 Å². The minimum absolute atomic E-state index is 0.463. The zero-order valence-corrected chi connectivity index (χ0v) is 11.5. The maximum absolute atomic E-state index is 6.04. The number of methoxy groups -OCH3 is 1. The first-order valence-electron chi connectivity index (χ1n) is 5.88. The summed E-state index contributed by atoms with van der Waals surface area (Å²) in [5.41, 5.74) is 6.89. The van der Waals surface area contributed by atoms with Gasteiger partial charge < -0.3 is 10.5 Å². The van der Waals surface area contributed by atoms with Crippen LogP contribution in [0.25, 0.3) is 0 Å². The Kier molecular flexibility index (Phi) is 4.05. The van der Waals surface area contributed by atoms with Crippen LogP contribution in [0.1, 0.15) is 25.7 Å². The van der Waals surface area contributed by atoms with Crippen molar-refractivity contribution in [3.05, 3.63) is 22.7 Å². The van der Waals surface area contributed by atoms with Gasteiger partial charge in [-0.25, -0.2) is 4.99 Å². The lowest BCUT2D eigenvalue weighted by Gasteiger charge is -2.09. The summed E-state index contributed by atoms with van der Waals surface area (Å²) >= 11 is 3.42. The molecule has 2 rings (SSSR count). The minimum atomic E-state index is 0.463. The van der Waals surface area contributed by atoms with E-state index in [1.54, 1.807) is 7.11 Å². The van der Waals surface area contributed by atoms with E-state index < -0.39 is 0 Å². The summed E-state index contributed by atoms with van der Waals surface area (Å²) in [5, 5.41) is 0. The average molecular weight is 297 g/mol. The predicted molar refractivity (Wildman–Crippen MR) is 73.9 cm³/mol. The molecule has 1 saturated carbocycles. The molecule has 92 valence electrons. The van der Waals surface area contributed by atoms with Crippen molar-refractivity contribution in [2.75, 3.05) is 7.11 Å². The van der Waals surface area contributed by atoms with Gasteiger partial charge in [-0.2, -0.15) is 0 Å². The van der Waals surface area contributed by atoms with Crippen LogP contribution in [-0.4, -0.2) is 12.9 Å². The number of nitrogens with two attached hydrogens (primary N) is 1. The lowest BCUT2D eigenvalue weighted by Crippen LogP contribution is -2.20. The number of hydrogen-bond acceptors (Lipinski definition) is 2. The summed E-state index contributed by atoms with van der Waals surface area (Å²) in [6.45, 7) is 0. The Labute approximate surface area is 110 Å². The molecule has 4 heteroatoms. The highest BCUT2D eigenvalue weighted by atomic mass is 79.9. The number of hydrogen-bond donors (Lipinski definition) is 1. The van der Waals surface area contributed by atoms with Crippen LogP contribution in [0.15, 0.2) is 27.7 Å². The molecule has 1 aliphatic carbocycles. The van der Waals surface area contributed by atoms with Crippen molar-refractivity contribution in [3.63, 3.8) is 0 Å². The summed E-state index contributed by atoms with van der Waals surface area (Å²) in [7, 11) is 1.65. The second-order valence-corrected chi connectivity index (χ2v) is 5.19. The first-order chi connectivity index (χ1) is 8.20. The van der Waals surface area contributed by atoms with Crippen LogP contribution in [0.3, 0.4) is 0 Å². The van der Waals surface area contributed by atoms with Gasteiger partial charge in [0.1, 0.15) is 11.6 Å². The predicted octanol–water partition coefficient (Wildman–Crippen LogP) is 3.64. The van der Waals surface area contributed by atoms with Gasteiger partial charge in [0.2, 0.25) is 0 Å². The van der Waals surface area contributed by atoms with Crippen molar-refractivity contribution in [2.24, 2.45) is 16.6 Å². The molecular formula is C13H17BrN2O. The SMILES string of the molecule is COc1cc(N=C(N)C2CCCC2)ccc1Br. The molecule has 1 aromatic carbocycles. The molecule has 0 bridgehead atoms. The van der Waals surface area contributed by atoms with Crippen molar-refractivity contribution >= 4 is 27.5 Å². The molecule has 0 heterocycles. The number of benzene rings is 1. The van der Waals surface area contributed by atoms with Crippen molar-refractivity contribution in [1.82, 2.24) is 0 Å². The third-order valence-electron chi connectivity index (χ3n) is 3.17. The largest absolute Gasteiger partial charge is 0.495 e. The number of halogens is 1. The van der Waals surface area contributed by atoms with E-state index >= 15 is 0 Å². The van der Waals surface area contributed by atoms with Gasteiger partial charge in [-0.1, -0.05) is 12.8 Å². The van der Waals surface area contributed by atoms with E-state index in [-0.39, 0.29) is 0 Å². The van der Waals surface area contributed by atoms with Gasteiger partial charge in [-0.15, -0.1) is 0 Å². The number of nitrogens with zero attached hydrogens (tertiary/aromatic N) is 1. The summed E-state index contributed by atoms with van der Waals surface area (Å²) in [4.78, 5) is 4.48. The molecule has 0 aliphatic heterocycles. The van der Waals surface area contributed by atoms with Gasteiger partial charge in [-0.05, 0) is 40.9 Å². The van der Waals surface area contributed by atoms with Crippen molar-refractivity contribution in [1.29, 1.82) is 0 Å². The summed E-state index contributed by atoms with van der Waals surface area (Å²) in [5.74, 6) is 2.00. The molecule has 0 saturated heterocycles. The Morgan fingerprint density at radius 3 is 2.76 bits per heavy atom. The third kappa shape index (κ3) is 3.00. The van der Waals surface area contributed by atoms with Crippen LogP contribution >= 0.6 is 15.9 Å². The van der Waals surface area contributed by atoms with Gasteiger partial charge >= 0.3 is 0 Å². The van der Waals surface area contributed by atoms with Crippen LogP contribution in [0.4, 0.5) is 5.69 Å². The second kappa shape index (κ2) is 5.54. The minimum Gasteiger partial charge on any atom is -0.495 e. The van der Waals surface area contributed by atoms with Gasteiger partial charge in [0.25, 0.3) is 0 Å². The molecule has 17 heavy (non-hydrogen) atoms. The lowest BCUT2D eigenvalue weighted by molar-refractivity contribution is 0.412. The molecule has 0 radical (unpaired) electrons. The van der Waals surface area contributed by atoms with Crippen molar-refractivity contribution in [2.45, 2.75) is 25.7 Å². The molecule has 1 aliphatic rings. The van der Waals surface area contributed by atoms with Crippen molar-refractivity contribution < 1.29 is 4.74 Å². The summed E-state index contributed by atoms with van der Waals surface area (Å²) in [6.07, 6.45) is 4.88. The highest BCUT2D eigenvalue weighted by Gasteiger charge is 2.18. The first kappa shape index (κ1) is 12.4. The maximum Gasteiger partial charge on any atom is 0.135 e. The van der Waals surface area contributed by atoms with Crippen molar-refractivity contribution in [3.8, 4) is 5.75 Å². The zero-order valence-electron chi connectivity index (χ0n) is 9.95. The highest BCUT2D eigenvalue weighted by molar-refractivity contribution is 9.10. The van der Waals surface area contributed by atoms with Crippen LogP contribution in [0, 0.1) is 5.92 Å². The molecule has 3 nitrogen and oxygen atoms in total. The Morgan fingerprint density at radius 1 is 1.41 bits per heavy atom. The molecule has 2 N–H and O–H groups in total. The maximum atomic E-state index is 6.04. The second-order valence-electron chi connectivity index (χ2n) is 4.34. The lowest BCUT2D eigenvalue weighted by atomic mass is 10.1. The fourth-order valence-electron chi connectivity index (χ4n) is 2.18. The quantitative estimate of drug-likeness (QED) is 0.684. The molecule has 1 fully saturated rings. The average Bonchev–Trinajstić information content (AvgIpc) is 2.85. The van der Waals surface area contributed by atoms with Gasteiger partial charge in [-0.3, -0.25) is 0 Å². The summed E-state index contributed by atoms with van der Waals surface area (Å²) < 4.78 is 6.16. The van der Waals surface area contributed by atoms with E-state index in [0.717, 1.165) is 21.7 Å². The van der Waals surface area contributed by atoms with E-state index in [1.165, 1.54) is 25.7 Å². The monoisotopic (exact) mass is 296 g/mol. The topological polar surface area (TPSA) is 47.6 Å². The zero-order chi connectivity index (χ0) is 12.3. The molecule has 0 unspecified atom stereocenters. The van der Waals surface area contributed by atoms with E-state index in [1.807, 2.05) is 18.2 Å². The molecule has 0 spiro atoms. The van der Waals surface area contributed by atoms with E-state index in [2.05, 4.69) is 20.9 Å². The fraction of sp³-hybridized carbons (Fsp3) is 0.462. The fourth-order valence-corrected chi connectivity index (χ4v) is 2.59. The Balaban J connectivity index is 2.19. The van der Waals surface area contributed by atoms with Crippen LogP contribution < -0.4 is 10.5 Å². The molecule has 0 aromatic heterocycles. The summed E-state index contributed by atoms with van der Waals surface area (Å²) in [6, 6.07) is 5.76. The van der Waals surface area contributed by atoms with Crippen LogP contribution in [0.5, 0.6) is 5.75 Å². The number of amidine groups is 1. The Hall–Kier alpha value is -1.03. The Bertz CT molecular complexity index is 425. The highest BCUT2D eigenvalue weighted by Crippen LogP contribution is 2.30. The van der Waals surface area contributed by atoms with Gasteiger partial charge in [0.15, 0.2) is 0 Å². The van der Waals surface area contributed by atoms with Crippen LogP contribution in [0.2, 0.25) is 0 Å². The smallest absolute Gasteiger partial charge is 0.135 e. The molecule has 0 atom stereocenters. The molecular weight excluding hydrogens is 280 g/mol. The standard InChI is InChI=1S/C13H17BrN2O/c1-17-12-8-10(6-7-11(12)14)16-13(15)9-4-2-3-5-9/h6-9H,2-5H2,1H3,(H2,15,16). The third-order valence-corrected chi connectivity index (χ3v) is 3.82. The van der Waals surface area contributed by atoms with E-state index in [0.29, 0.717) is 5.92 Å². The first-order valence-corrected chi connectivity index (χ1v) is 6.67. The normalized spacial score (nSPS) is 17.4. The Morgan fingerprint density at radius 2 is 2.12 bits per heavy atom. The van der Waals surface area contributed by atoms with Gasteiger partial charge in [0.05, 0.1) is 17.3 Å². The number of rotatable bonds is 3. The van der Waals surface area contributed by atoms with Gasteiger partial charge in [0, 0.05) is 12.0 Å².